The number of esters is 1. The molecule has 0 radical (unpaired) electrons. The van der Waals surface area contributed by atoms with Gasteiger partial charge in [0, 0.05) is 31.8 Å². The normalized spacial score (nSPS) is 41.1. The van der Waals surface area contributed by atoms with Gasteiger partial charge in [0.2, 0.25) is 0 Å². The zero-order valence-corrected chi connectivity index (χ0v) is 12.0. The van der Waals surface area contributed by atoms with Gasteiger partial charge in [-0.15, -0.1) is 0 Å². The van der Waals surface area contributed by atoms with Crippen molar-refractivity contribution in [2.45, 2.75) is 46.0 Å². The summed E-state index contributed by atoms with van der Waals surface area (Å²) in [5.74, 6) is 0.0419. The van der Waals surface area contributed by atoms with E-state index in [1.165, 1.54) is 6.92 Å². The van der Waals surface area contributed by atoms with E-state index >= 15 is 0 Å². The van der Waals surface area contributed by atoms with Crippen molar-refractivity contribution in [2.24, 2.45) is 17.3 Å². The highest BCUT2D eigenvalue weighted by molar-refractivity contribution is 5.76. The molecule has 1 aliphatic heterocycles. The van der Waals surface area contributed by atoms with Crippen molar-refractivity contribution in [3.05, 3.63) is 0 Å². The highest BCUT2D eigenvalue weighted by Crippen LogP contribution is 2.57. The Balaban J connectivity index is 2.26. The van der Waals surface area contributed by atoms with Crippen LogP contribution in [0, 0.1) is 17.3 Å². The predicted octanol–water partition coefficient (Wildman–Crippen LogP) is 1.54. The van der Waals surface area contributed by atoms with E-state index in [1.807, 2.05) is 0 Å². The van der Waals surface area contributed by atoms with Crippen LogP contribution in [0.15, 0.2) is 0 Å². The number of hydrogen-bond donors (Lipinski definition) is 0. The Bertz CT molecular complexity index is 380. The second-order valence-electron chi connectivity index (χ2n) is 5.86. The summed E-state index contributed by atoms with van der Waals surface area (Å²) >= 11 is 0. The summed E-state index contributed by atoms with van der Waals surface area (Å²) in [5.41, 5.74) is -0.263. The number of carbonyl (C=O) groups is 2. The SMILES string of the molecule is COC1OC[C@@H]2C[C@H](OC(C)=O)[C@@H](CC(C)=O)[C@]12C. The summed E-state index contributed by atoms with van der Waals surface area (Å²) in [7, 11) is 1.61. The number of ether oxygens (including phenoxy) is 3. The van der Waals surface area contributed by atoms with Crippen LogP contribution in [0.25, 0.3) is 0 Å². The molecule has 0 aromatic carbocycles. The zero-order chi connectivity index (χ0) is 14.2. The Morgan fingerprint density at radius 1 is 1.37 bits per heavy atom. The van der Waals surface area contributed by atoms with E-state index in [-0.39, 0.29) is 41.4 Å². The maximum absolute atomic E-state index is 11.5. The summed E-state index contributed by atoms with van der Waals surface area (Å²) in [4.78, 5) is 22.8. The molecule has 0 spiro atoms. The standard InChI is InChI=1S/C14H22O5/c1-8(15)5-11-12(19-9(2)16)6-10-7-18-13(17-4)14(10,11)3/h10-13H,5-7H2,1-4H3/t10-,11+,12-,13?,14+/m0/s1. The Morgan fingerprint density at radius 2 is 2.05 bits per heavy atom. The molecular formula is C14H22O5. The third kappa shape index (κ3) is 2.41. The predicted molar refractivity (Wildman–Crippen MR) is 67.3 cm³/mol. The van der Waals surface area contributed by atoms with Gasteiger partial charge < -0.3 is 19.0 Å². The molecule has 2 fully saturated rings. The maximum Gasteiger partial charge on any atom is 0.302 e. The van der Waals surface area contributed by atoms with Crippen LogP contribution in [0.3, 0.4) is 0 Å². The van der Waals surface area contributed by atoms with Gasteiger partial charge in [0.1, 0.15) is 11.9 Å². The molecule has 5 atom stereocenters. The molecular weight excluding hydrogens is 248 g/mol. The lowest BCUT2D eigenvalue weighted by Gasteiger charge is -2.35. The van der Waals surface area contributed by atoms with Crippen LogP contribution >= 0.6 is 0 Å². The molecule has 5 nitrogen and oxygen atoms in total. The number of carbonyl (C=O) groups excluding carboxylic acids is 2. The molecule has 2 aliphatic rings. The molecule has 1 saturated carbocycles. The average molecular weight is 270 g/mol. The molecule has 0 aromatic heterocycles. The Morgan fingerprint density at radius 3 is 2.58 bits per heavy atom. The first-order valence-electron chi connectivity index (χ1n) is 6.70. The minimum Gasteiger partial charge on any atom is -0.462 e. The topological polar surface area (TPSA) is 61.8 Å². The molecule has 1 heterocycles. The molecule has 0 amide bonds. The molecule has 0 bridgehead atoms. The molecule has 1 aliphatic carbocycles. The summed E-state index contributed by atoms with van der Waals surface area (Å²) in [5, 5.41) is 0. The summed E-state index contributed by atoms with van der Waals surface area (Å²) in [6.07, 6.45) is 0.600. The minimum absolute atomic E-state index is 0.0358. The lowest BCUT2D eigenvalue weighted by molar-refractivity contribution is -0.170. The highest BCUT2D eigenvalue weighted by atomic mass is 16.7. The smallest absolute Gasteiger partial charge is 0.302 e. The number of ketones is 1. The monoisotopic (exact) mass is 270 g/mol. The van der Waals surface area contributed by atoms with Crippen LogP contribution in [0.5, 0.6) is 0 Å². The van der Waals surface area contributed by atoms with E-state index in [1.54, 1.807) is 14.0 Å². The van der Waals surface area contributed by atoms with Gasteiger partial charge in [-0.05, 0) is 19.3 Å². The number of rotatable bonds is 4. The summed E-state index contributed by atoms with van der Waals surface area (Å²) in [6.45, 7) is 5.65. The van der Waals surface area contributed by atoms with Crippen LogP contribution in [0.1, 0.15) is 33.6 Å². The van der Waals surface area contributed by atoms with Crippen LogP contribution < -0.4 is 0 Å². The van der Waals surface area contributed by atoms with Gasteiger partial charge in [-0.1, -0.05) is 6.92 Å². The van der Waals surface area contributed by atoms with Gasteiger partial charge in [0.25, 0.3) is 0 Å². The van der Waals surface area contributed by atoms with Crippen molar-refractivity contribution in [1.82, 2.24) is 0 Å². The largest absolute Gasteiger partial charge is 0.462 e. The lowest BCUT2D eigenvalue weighted by atomic mass is 9.72. The fourth-order valence-corrected chi connectivity index (χ4v) is 3.73. The van der Waals surface area contributed by atoms with Gasteiger partial charge in [-0.2, -0.15) is 0 Å². The average Bonchev–Trinajstić information content (AvgIpc) is 2.73. The first kappa shape index (κ1) is 14.5. The highest BCUT2D eigenvalue weighted by Gasteiger charge is 2.61. The second kappa shape index (κ2) is 5.21. The third-order valence-electron chi connectivity index (χ3n) is 4.64. The minimum atomic E-state index is -0.331. The zero-order valence-electron chi connectivity index (χ0n) is 12.0. The molecule has 0 aromatic rings. The Kier molecular flexibility index (Phi) is 3.97. The van der Waals surface area contributed by atoms with Crippen LogP contribution in [-0.4, -0.2) is 37.9 Å². The Hall–Kier alpha value is -0.940. The van der Waals surface area contributed by atoms with Crippen LogP contribution in [-0.2, 0) is 23.8 Å². The first-order valence-corrected chi connectivity index (χ1v) is 6.70. The van der Waals surface area contributed by atoms with Crippen molar-refractivity contribution in [2.75, 3.05) is 13.7 Å². The number of Topliss-reactive ketones (excluding diaryl/α,β-unsaturated/α-hetero) is 1. The van der Waals surface area contributed by atoms with Crippen LogP contribution in [0.4, 0.5) is 0 Å². The maximum atomic E-state index is 11.5. The van der Waals surface area contributed by atoms with Crippen LogP contribution in [0.2, 0.25) is 0 Å². The third-order valence-corrected chi connectivity index (χ3v) is 4.64. The van der Waals surface area contributed by atoms with Crippen molar-refractivity contribution in [3.63, 3.8) is 0 Å². The van der Waals surface area contributed by atoms with E-state index in [4.69, 9.17) is 14.2 Å². The molecule has 108 valence electrons. The molecule has 1 saturated heterocycles. The number of methoxy groups -OCH3 is 1. The number of fused-ring (bicyclic) bond motifs is 1. The second-order valence-corrected chi connectivity index (χ2v) is 5.86. The van der Waals surface area contributed by atoms with Crippen molar-refractivity contribution < 1.29 is 23.8 Å². The molecule has 5 heteroatoms. The lowest BCUT2D eigenvalue weighted by Crippen LogP contribution is -2.41. The van der Waals surface area contributed by atoms with Gasteiger partial charge in [0.05, 0.1) is 6.61 Å². The van der Waals surface area contributed by atoms with Gasteiger partial charge in [-0.25, -0.2) is 0 Å². The van der Waals surface area contributed by atoms with E-state index in [0.29, 0.717) is 13.0 Å². The van der Waals surface area contributed by atoms with E-state index in [0.717, 1.165) is 6.42 Å². The quantitative estimate of drug-likeness (QED) is 0.725. The fourth-order valence-electron chi connectivity index (χ4n) is 3.73. The van der Waals surface area contributed by atoms with Crippen molar-refractivity contribution in [3.8, 4) is 0 Å². The summed E-state index contributed by atoms with van der Waals surface area (Å²) < 4.78 is 16.5. The molecule has 2 rings (SSSR count). The first-order chi connectivity index (χ1) is 8.89. The van der Waals surface area contributed by atoms with Crippen molar-refractivity contribution in [1.29, 1.82) is 0 Å². The number of hydrogen-bond acceptors (Lipinski definition) is 5. The molecule has 0 N–H and O–H groups in total. The van der Waals surface area contributed by atoms with E-state index in [9.17, 15) is 9.59 Å². The van der Waals surface area contributed by atoms with E-state index in [2.05, 4.69) is 6.92 Å². The Labute approximate surface area is 113 Å². The fraction of sp³-hybridized carbons (Fsp3) is 0.857. The molecule has 19 heavy (non-hydrogen) atoms. The van der Waals surface area contributed by atoms with Gasteiger partial charge in [-0.3, -0.25) is 4.79 Å². The summed E-state index contributed by atoms with van der Waals surface area (Å²) in [6, 6.07) is 0. The van der Waals surface area contributed by atoms with Gasteiger partial charge in [0.15, 0.2) is 6.29 Å². The van der Waals surface area contributed by atoms with Gasteiger partial charge >= 0.3 is 5.97 Å². The van der Waals surface area contributed by atoms with E-state index < -0.39 is 0 Å². The molecule has 1 unspecified atom stereocenters. The van der Waals surface area contributed by atoms with Crippen molar-refractivity contribution >= 4 is 11.8 Å².